The Kier molecular flexibility index (Phi) is 7.20. The number of piperidine rings is 1. The van der Waals surface area contributed by atoms with E-state index in [1.165, 1.54) is 42.7 Å². The van der Waals surface area contributed by atoms with Crippen molar-refractivity contribution in [3.8, 4) is 0 Å². The molecule has 1 aromatic heterocycles. The molecule has 6 rings (SSSR count). The third kappa shape index (κ3) is 4.74. The van der Waals surface area contributed by atoms with Crippen molar-refractivity contribution in [1.82, 2.24) is 4.31 Å². The number of amides is 1. The Labute approximate surface area is 228 Å². The minimum atomic E-state index is -3.59. The Bertz CT molecular complexity index is 1440. The lowest BCUT2D eigenvalue weighted by Crippen LogP contribution is -2.43. The number of hydrogen-bond donors (Lipinski definition) is 1. The molecule has 9 heteroatoms. The summed E-state index contributed by atoms with van der Waals surface area (Å²) in [5, 5.41) is 5.39. The van der Waals surface area contributed by atoms with Crippen LogP contribution < -0.4 is 10.2 Å². The predicted molar refractivity (Wildman–Crippen MR) is 153 cm³/mol. The second-order valence-electron chi connectivity index (χ2n) is 10.7. The minimum Gasteiger partial charge on any atom is -0.385 e. The van der Waals surface area contributed by atoms with Crippen molar-refractivity contribution in [2.24, 2.45) is 5.92 Å². The second kappa shape index (κ2) is 10.6. The van der Waals surface area contributed by atoms with Gasteiger partial charge < -0.3 is 15.0 Å². The smallest absolute Gasteiger partial charge is 0.252 e. The Morgan fingerprint density at radius 1 is 1.13 bits per heavy atom. The largest absolute Gasteiger partial charge is 0.385 e. The van der Waals surface area contributed by atoms with Crippen molar-refractivity contribution in [2.45, 2.75) is 55.7 Å². The third-order valence-electron chi connectivity index (χ3n) is 8.16. The van der Waals surface area contributed by atoms with Gasteiger partial charge in [-0.15, -0.1) is 11.3 Å². The van der Waals surface area contributed by atoms with E-state index in [4.69, 9.17) is 4.74 Å². The van der Waals surface area contributed by atoms with Gasteiger partial charge in [0.15, 0.2) is 0 Å². The van der Waals surface area contributed by atoms with Gasteiger partial charge in [-0.25, -0.2) is 8.42 Å². The van der Waals surface area contributed by atoms with Crippen LogP contribution >= 0.6 is 11.3 Å². The van der Waals surface area contributed by atoms with Crippen LogP contribution in [0.3, 0.4) is 0 Å². The zero-order chi connectivity index (χ0) is 26.3. The SMILES string of the molecule is COCCCN1Cc2cccc3c(NC(=O)C4CCCN(S(=O)(=O)c5cc6c(s5)CCCC6)C4)ccc1c23. The number of nitrogens with zero attached hydrogens (tertiary/aromatic N) is 2. The zero-order valence-corrected chi connectivity index (χ0v) is 23.5. The van der Waals surface area contributed by atoms with Crippen LogP contribution in [0.15, 0.2) is 40.6 Å². The van der Waals surface area contributed by atoms with Gasteiger partial charge in [-0.2, -0.15) is 4.31 Å². The van der Waals surface area contributed by atoms with Crippen molar-refractivity contribution in [3.05, 3.63) is 52.4 Å². The number of thiophene rings is 1. The lowest BCUT2D eigenvalue weighted by molar-refractivity contribution is -0.120. The number of aryl methyl sites for hydroxylation is 2. The summed E-state index contributed by atoms with van der Waals surface area (Å²) in [5.74, 6) is -0.479. The molecule has 0 radical (unpaired) electrons. The average Bonchev–Trinajstić information content (AvgIpc) is 3.53. The molecular formula is C29H35N3O4S2. The highest BCUT2D eigenvalue weighted by molar-refractivity contribution is 7.91. The zero-order valence-electron chi connectivity index (χ0n) is 21.9. The van der Waals surface area contributed by atoms with Crippen LogP contribution in [0.2, 0.25) is 0 Å². The van der Waals surface area contributed by atoms with Gasteiger partial charge in [0.05, 0.1) is 5.92 Å². The molecule has 1 saturated heterocycles. The van der Waals surface area contributed by atoms with E-state index >= 15 is 0 Å². The number of carbonyl (C=O) groups excluding carboxylic acids is 1. The van der Waals surface area contributed by atoms with Gasteiger partial charge >= 0.3 is 0 Å². The molecule has 0 bridgehead atoms. The number of ether oxygens (including phenoxy) is 1. The summed E-state index contributed by atoms with van der Waals surface area (Å²) in [6, 6.07) is 12.2. The van der Waals surface area contributed by atoms with Crippen molar-refractivity contribution in [3.63, 3.8) is 0 Å². The van der Waals surface area contributed by atoms with E-state index in [0.717, 1.165) is 62.9 Å². The van der Waals surface area contributed by atoms with Gasteiger partial charge in [0.25, 0.3) is 10.0 Å². The van der Waals surface area contributed by atoms with Gasteiger partial charge in [0.2, 0.25) is 5.91 Å². The molecule has 1 N–H and O–H groups in total. The summed E-state index contributed by atoms with van der Waals surface area (Å²) in [5.41, 5.74) is 4.44. The number of hydrogen-bond acceptors (Lipinski definition) is 6. The summed E-state index contributed by atoms with van der Waals surface area (Å²) in [7, 11) is -1.87. The van der Waals surface area contributed by atoms with Crippen LogP contribution in [0, 0.1) is 5.92 Å². The fourth-order valence-corrected chi connectivity index (χ4v) is 9.50. The van der Waals surface area contributed by atoms with Crippen LogP contribution in [-0.2, 0) is 38.9 Å². The van der Waals surface area contributed by atoms with Crippen LogP contribution in [0.5, 0.6) is 0 Å². The number of rotatable bonds is 8. The average molecular weight is 554 g/mol. The Morgan fingerprint density at radius 2 is 2.00 bits per heavy atom. The van der Waals surface area contributed by atoms with E-state index in [1.54, 1.807) is 7.11 Å². The number of nitrogens with one attached hydrogen (secondary N) is 1. The first-order valence-corrected chi connectivity index (χ1v) is 15.9. The monoisotopic (exact) mass is 553 g/mol. The number of anilines is 2. The first kappa shape index (κ1) is 25.8. The fourth-order valence-electron chi connectivity index (χ4n) is 6.18. The molecule has 1 aliphatic carbocycles. The number of fused-ring (bicyclic) bond motifs is 1. The summed E-state index contributed by atoms with van der Waals surface area (Å²) < 4.78 is 34.2. The Hall–Kier alpha value is -2.46. The van der Waals surface area contributed by atoms with Crippen molar-refractivity contribution < 1.29 is 17.9 Å². The second-order valence-corrected chi connectivity index (χ2v) is 14.0. The maximum atomic E-state index is 13.5. The third-order valence-corrected chi connectivity index (χ3v) is 11.7. The molecule has 3 aromatic rings. The van der Waals surface area contributed by atoms with E-state index in [2.05, 4.69) is 28.4 Å². The molecule has 0 saturated carbocycles. The van der Waals surface area contributed by atoms with Crippen LogP contribution in [0.1, 0.15) is 48.1 Å². The van der Waals surface area contributed by atoms with E-state index in [0.29, 0.717) is 23.6 Å². The van der Waals surface area contributed by atoms with E-state index in [9.17, 15) is 13.2 Å². The topological polar surface area (TPSA) is 79.0 Å². The molecule has 3 aliphatic rings. The lowest BCUT2D eigenvalue weighted by Gasteiger charge is -2.31. The predicted octanol–water partition coefficient (Wildman–Crippen LogP) is 5.18. The van der Waals surface area contributed by atoms with Gasteiger partial charge in [0, 0.05) is 66.9 Å². The molecular weight excluding hydrogens is 518 g/mol. The molecule has 1 fully saturated rings. The van der Waals surface area contributed by atoms with Gasteiger partial charge in [-0.1, -0.05) is 18.2 Å². The summed E-state index contributed by atoms with van der Waals surface area (Å²) in [6.45, 7) is 3.20. The molecule has 38 heavy (non-hydrogen) atoms. The summed E-state index contributed by atoms with van der Waals surface area (Å²) >= 11 is 1.42. The first-order valence-electron chi connectivity index (χ1n) is 13.7. The Morgan fingerprint density at radius 3 is 2.84 bits per heavy atom. The minimum absolute atomic E-state index is 0.106. The van der Waals surface area contributed by atoms with Crippen molar-refractivity contribution in [1.29, 1.82) is 0 Å². The maximum Gasteiger partial charge on any atom is 0.252 e. The van der Waals surface area contributed by atoms with Gasteiger partial charge in [-0.3, -0.25) is 4.79 Å². The molecule has 1 unspecified atom stereocenters. The van der Waals surface area contributed by atoms with E-state index in [-0.39, 0.29) is 18.4 Å². The van der Waals surface area contributed by atoms with Crippen molar-refractivity contribution in [2.75, 3.05) is 43.6 Å². The highest BCUT2D eigenvalue weighted by Crippen LogP contribution is 2.41. The lowest BCUT2D eigenvalue weighted by atomic mass is 9.98. The quantitative estimate of drug-likeness (QED) is 0.389. The van der Waals surface area contributed by atoms with Gasteiger partial charge in [-0.05, 0) is 74.3 Å². The molecule has 202 valence electrons. The van der Waals surface area contributed by atoms with Crippen LogP contribution in [0.4, 0.5) is 11.4 Å². The maximum absolute atomic E-state index is 13.5. The standard InChI is InChI=1S/C29H35N3O4S2/c1-36-16-6-14-31-18-21-8-4-10-23-24(12-13-25(31)28(21)23)30-29(33)22-9-5-15-32(19-22)38(34,35)27-17-20-7-2-3-11-26(20)37-27/h4,8,10,12-13,17,22H,2-3,5-7,9,11,14-16,18-19H2,1H3,(H,30,33). The summed E-state index contributed by atoms with van der Waals surface area (Å²) in [6.07, 6.45) is 6.52. The van der Waals surface area contributed by atoms with Crippen LogP contribution in [0.25, 0.3) is 10.8 Å². The highest BCUT2D eigenvalue weighted by atomic mass is 32.2. The molecule has 1 atom stereocenters. The summed E-state index contributed by atoms with van der Waals surface area (Å²) in [4.78, 5) is 17.0. The normalized spacial score (nSPS) is 19.6. The molecule has 2 aromatic carbocycles. The highest BCUT2D eigenvalue weighted by Gasteiger charge is 2.35. The molecule has 3 heterocycles. The molecule has 1 amide bonds. The number of methoxy groups -OCH3 is 1. The number of carbonyl (C=O) groups is 1. The fraction of sp³-hybridized carbons (Fsp3) is 0.483. The molecule has 7 nitrogen and oxygen atoms in total. The number of sulfonamides is 1. The first-order chi connectivity index (χ1) is 18.5. The van der Waals surface area contributed by atoms with Gasteiger partial charge in [0.1, 0.15) is 4.21 Å². The molecule has 2 aliphatic heterocycles. The van der Waals surface area contributed by atoms with Crippen molar-refractivity contribution >= 4 is 49.4 Å². The molecule has 0 spiro atoms. The van der Waals surface area contributed by atoms with Crippen LogP contribution in [-0.4, -0.2) is 52.0 Å². The van der Waals surface area contributed by atoms with E-state index in [1.807, 2.05) is 18.2 Å². The van der Waals surface area contributed by atoms with E-state index < -0.39 is 10.0 Å². The Balaban J connectivity index is 1.19. The number of benzene rings is 2.